The number of carbonyl (C=O) groups is 1. The lowest BCUT2D eigenvalue weighted by atomic mass is 10.1. The van der Waals surface area contributed by atoms with E-state index in [1.165, 1.54) is 11.5 Å². The SMILES string of the molecule is O=C(/C=C/c1ccccc1)N1CCCN(c2nc(Cc3ccc(Cl)cc3)ns2)CC1. The monoisotopic (exact) mass is 438 g/mol. The number of nitrogens with zero attached hydrogens (tertiary/aromatic N) is 4. The smallest absolute Gasteiger partial charge is 0.246 e. The molecule has 0 aliphatic carbocycles. The van der Waals surface area contributed by atoms with Crippen LogP contribution in [0.4, 0.5) is 5.13 Å². The van der Waals surface area contributed by atoms with Crippen molar-refractivity contribution in [1.82, 2.24) is 14.3 Å². The highest BCUT2D eigenvalue weighted by molar-refractivity contribution is 7.09. The molecule has 30 heavy (non-hydrogen) atoms. The van der Waals surface area contributed by atoms with Gasteiger partial charge in [0.1, 0.15) is 5.82 Å². The summed E-state index contributed by atoms with van der Waals surface area (Å²) in [6, 6.07) is 17.7. The first-order valence-corrected chi connectivity index (χ1v) is 11.2. The number of amides is 1. The first-order valence-electron chi connectivity index (χ1n) is 10.0. The Labute approximate surface area is 185 Å². The van der Waals surface area contributed by atoms with Crippen molar-refractivity contribution in [2.24, 2.45) is 0 Å². The lowest BCUT2D eigenvalue weighted by Crippen LogP contribution is -2.34. The molecule has 0 atom stereocenters. The standard InChI is InChI=1S/C23H23ClN4OS/c24-20-10-7-19(8-11-20)17-21-25-23(30-26-21)28-14-4-13-27(15-16-28)22(29)12-9-18-5-2-1-3-6-18/h1-3,5-12H,4,13-17H2/b12-9+. The van der Waals surface area contributed by atoms with Gasteiger partial charge >= 0.3 is 0 Å². The molecule has 1 aliphatic heterocycles. The molecule has 0 bridgehead atoms. The summed E-state index contributed by atoms with van der Waals surface area (Å²) in [4.78, 5) is 21.5. The molecule has 5 nitrogen and oxygen atoms in total. The van der Waals surface area contributed by atoms with Crippen LogP contribution in [0.1, 0.15) is 23.4 Å². The zero-order valence-electron chi connectivity index (χ0n) is 16.6. The Morgan fingerprint density at radius 1 is 1.03 bits per heavy atom. The number of halogens is 1. The Bertz CT molecular complexity index is 1000. The Hall–Kier alpha value is -2.70. The van der Waals surface area contributed by atoms with Crippen molar-refractivity contribution in [3.8, 4) is 0 Å². The topological polar surface area (TPSA) is 49.3 Å². The fraction of sp³-hybridized carbons (Fsp3) is 0.261. The maximum Gasteiger partial charge on any atom is 0.246 e. The molecule has 1 amide bonds. The molecule has 0 unspecified atom stereocenters. The van der Waals surface area contributed by atoms with Gasteiger partial charge in [-0.2, -0.15) is 4.37 Å². The maximum atomic E-state index is 12.6. The van der Waals surface area contributed by atoms with E-state index in [2.05, 4.69) is 9.27 Å². The lowest BCUT2D eigenvalue weighted by molar-refractivity contribution is -0.125. The summed E-state index contributed by atoms with van der Waals surface area (Å²) in [6.45, 7) is 3.08. The molecule has 0 saturated carbocycles. The number of carbonyl (C=O) groups excluding carboxylic acids is 1. The zero-order chi connectivity index (χ0) is 20.8. The van der Waals surface area contributed by atoms with Crippen molar-refractivity contribution in [2.45, 2.75) is 12.8 Å². The molecule has 7 heteroatoms. The van der Waals surface area contributed by atoms with Crippen molar-refractivity contribution >= 4 is 40.2 Å². The van der Waals surface area contributed by atoms with Crippen LogP contribution < -0.4 is 4.90 Å². The third kappa shape index (κ3) is 5.46. The minimum Gasteiger partial charge on any atom is -0.345 e. The number of hydrogen-bond donors (Lipinski definition) is 0. The van der Waals surface area contributed by atoms with Crippen LogP contribution in [0.5, 0.6) is 0 Å². The molecule has 154 valence electrons. The quantitative estimate of drug-likeness (QED) is 0.549. The predicted octanol–water partition coefficient (Wildman–Crippen LogP) is 4.53. The van der Waals surface area contributed by atoms with E-state index in [9.17, 15) is 4.79 Å². The second-order valence-electron chi connectivity index (χ2n) is 7.21. The molecule has 1 aliphatic rings. The molecule has 0 spiro atoms. The van der Waals surface area contributed by atoms with Gasteiger partial charge in [-0.05, 0) is 35.8 Å². The van der Waals surface area contributed by atoms with Crippen LogP contribution in [0.15, 0.2) is 60.7 Å². The second-order valence-corrected chi connectivity index (χ2v) is 8.37. The molecule has 4 rings (SSSR count). The Morgan fingerprint density at radius 2 is 1.83 bits per heavy atom. The van der Waals surface area contributed by atoms with Gasteiger partial charge in [-0.1, -0.05) is 54.1 Å². The van der Waals surface area contributed by atoms with Gasteiger partial charge < -0.3 is 9.80 Å². The van der Waals surface area contributed by atoms with E-state index < -0.39 is 0 Å². The molecule has 1 saturated heterocycles. The van der Waals surface area contributed by atoms with Gasteiger partial charge in [-0.15, -0.1) is 0 Å². The third-order valence-electron chi connectivity index (χ3n) is 5.03. The fourth-order valence-corrected chi connectivity index (χ4v) is 4.26. The summed E-state index contributed by atoms with van der Waals surface area (Å²) < 4.78 is 4.52. The molecular weight excluding hydrogens is 416 g/mol. The van der Waals surface area contributed by atoms with Crippen LogP contribution in [-0.2, 0) is 11.2 Å². The first-order chi connectivity index (χ1) is 14.7. The Kier molecular flexibility index (Phi) is 6.77. The maximum absolute atomic E-state index is 12.6. The summed E-state index contributed by atoms with van der Waals surface area (Å²) in [5.41, 5.74) is 2.17. The van der Waals surface area contributed by atoms with E-state index in [1.54, 1.807) is 6.08 Å². The third-order valence-corrected chi connectivity index (χ3v) is 6.10. The normalized spacial score (nSPS) is 14.8. The van der Waals surface area contributed by atoms with Crippen molar-refractivity contribution in [1.29, 1.82) is 0 Å². The molecular formula is C23H23ClN4OS. The van der Waals surface area contributed by atoms with Crippen LogP contribution >= 0.6 is 23.1 Å². The summed E-state index contributed by atoms with van der Waals surface area (Å²) in [5, 5.41) is 1.65. The van der Waals surface area contributed by atoms with E-state index in [4.69, 9.17) is 16.6 Å². The molecule has 0 N–H and O–H groups in total. The molecule has 2 heterocycles. The number of hydrogen-bond acceptors (Lipinski definition) is 5. The molecule has 0 radical (unpaired) electrons. The Morgan fingerprint density at radius 3 is 2.63 bits per heavy atom. The second kappa shape index (κ2) is 9.87. The fourth-order valence-electron chi connectivity index (χ4n) is 3.40. The number of benzene rings is 2. The number of aromatic nitrogens is 2. The van der Waals surface area contributed by atoms with E-state index in [-0.39, 0.29) is 5.91 Å². The van der Waals surface area contributed by atoms with E-state index in [0.717, 1.165) is 53.2 Å². The molecule has 1 aromatic heterocycles. The minimum absolute atomic E-state index is 0.0568. The van der Waals surface area contributed by atoms with Crippen molar-refractivity contribution in [2.75, 3.05) is 31.1 Å². The van der Waals surface area contributed by atoms with Crippen molar-refractivity contribution < 1.29 is 4.79 Å². The highest BCUT2D eigenvalue weighted by Crippen LogP contribution is 2.21. The molecule has 1 fully saturated rings. The van der Waals surface area contributed by atoms with Crippen LogP contribution in [-0.4, -0.2) is 46.3 Å². The van der Waals surface area contributed by atoms with Gasteiger partial charge in [0.05, 0.1) is 0 Å². The average molecular weight is 439 g/mol. The lowest BCUT2D eigenvalue weighted by Gasteiger charge is -2.20. The van der Waals surface area contributed by atoms with E-state index in [0.29, 0.717) is 13.0 Å². The summed E-state index contributed by atoms with van der Waals surface area (Å²) in [7, 11) is 0. The highest BCUT2D eigenvalue weighted by Gasteiger charge is 2.20. The Balaban J connectivity index is 1.34. The molecule has 2 aromatic carbocycles. The van der Waals surface area contributed by atoms with Gasteiger partial charge in [-0.3, -0.25) is 4.79 Å². The van der Waals surface area contributed by atoms with Crippen LogP contribution in [0, 0.1) is 0 Å². The van der Waals surface area contributed by atoms with Gasteiger partial charge in [0.2, 0.25) is 11.0 Å². The van der Waals surface area contributed by atoms with Gasteiger partial charge in [0.25, 0.3) is 0 Å². The number of anilines is 1. The van der Waals surface area contributed by atoms with Crippen LogP contribution in [0.25, 0.3) is 6.08 Å². The zero-order valence-corrected chi connectivity index (χ0v) is 18.1. The van der Waals surface area contributed by atoms with Crippen LogP contribution in [0.2, 0.25) is 5.02 Å². The van der Waals surface area contributed by atoms with Crippen molar-refractivity contribution in [3.63, 3.8) is 0 Å². The van der Waals surface area contributed by atoms with Crippen molar-refractivity contribution in [3.05, 3.63) is 82.6 Å². The van der Waals surface area contributed by atoms with Gasteiger partial charge in [0, 0.05) is 55.2 Å². The van der Waals surface area contributed by atoms with Gasteiger partial charge in [-0.25, -0.2) is 4.98 Å². The average Bonchev–Trinajstić information content (AvgIpc) is 3.09. The minimum atomic E-state index is 0.0568. The largest absolute Gasteiger partial charge is 0.345 e. The summed E-state index contributed by atoms with van der Waals surface area (Å²) in [5.74, 6) is 0.877. The molecule has 3 aromatic rings. The predicted molar refractivity (Wildman–Crippen MR) is 123 cm³/mol. The highest BCUT2D eigenvalue weighted by atomic mass is 35.5. The van der Waals surface area contributed by atoms with Crippen LogP contribution in [0.3, 0.4) is 0 Å². The summed E-state index contributed by atoms with van der Waals surface area (Å²) in [6.07, 6.45) is 5.15. The summed E-state index contributed by atoms with van der Waals surface area (Å²) >= 11 is 7.38. The number of rotatable bonds is 5. The van der Waals surface area contributed by atoms with Gasteiger partial charge in [0.15, 0.2) is 0 Å². The first kappa shape index (κ1) is 20.6. The van der Waals surface area contributed by atoms with E-state index in [1.807, 2.05) is 65.6 Å². The van der Waals surface area contributed by atoms with E-state index >= 15 is 0 Å².